The summed E-state index contributed by atoms with van der Waals surface area (Å²) in [4.78, 5) is 0. The summed E-state index contributed by atoms with van der Waals surface area (Å²) in [6.07, 6.45) is -10.3. The SMILES string of the molecule is OC(CF)CC(F)C(O)(F)F. The number of alkyl halides is 4. The van der Waals surface area contributed by atoms with E-state index in [0.717, 1.165) is 0 Å². The van der Waals surface area contributed by atoms with Crippen molar-refractivity contribution >= 4 is 0 Å². The first-order chi connectivity index (χ1) is 4.88. The van der Waals surface area contributed by atoms with Crippen LogP contribution in [-0.2, 0) is 0 Å². The first kappa shape index (κ1) is 10.6. The van der Waals surface area contributed by atoms with E-state index in [1.54, 1.807) is 0 Å². The number of aliphatic hydroxyl groups excluding tert-OH is 1. The van der Waals surface area contributed by atoms with E-state index in [-0.39, 0.29) is 0 Å². The van der Waals surface area contributed by atoms with Crippen molar-refractivity contribution in [2.24, 2.45) is 0 Å². The Balaban J connectivity index is 3.77. The normalized spacial score (nSPS) is 18.0. The van der Waals surface area contributed by atoms with Crippen LogP contribution in [-0.4, -0.2) is 35.3 Å². The summed E-state index contributed by atoms with van der Waals surface area (Å²) in [5, 5.41) is 16.0. The summed E-state index contributed by atoms with van der Waals surface area (Å²) in [5.74, 6) is 0. The van der Waals surface area contributed by atoms with Crippen molar-refractivity contribution in [3.8, 4) is 0 Å². The van der Waals surface area contributed by atoms with Gasteiger partial charge in [-0.2, -0.15) is 8.78 Å². The molecule has 2 nitrogen and oxygen atoms in total. The van der Waals surface area contributed by atoms with Gasteiger partial charge in [-0.15, -0.1) is 0 Å². The van der Waals surface area contributed by atoms with Crippen LogP contribution in [0.3, 0.4) is 0 Å². The van der Waals surface area contributed by atoms with E-state index < -0.39 is 31.5 Å². The molecule has 68 valence electrons. The maximum atomic E-state index is 12.0. The lowest BCUT2D eigenvalue weighted by atomic mass is 10.2. The molecule has 0 spiro atoms. The van der Waals surface area contributed by atoms with E-state index >= 15 is 0 Å². The number of hydrogen-bond donors (Lipinski definition) is 2. The average molecular weight is 176 g/mol. The van der Waals surface area contributed by atoms with Crippen LogP contribution in [0.5, 0.6) is 0 Å². The predicted octanol–water partition coefficient (Wildman–Crippen LogP) is 0.630. The van der Waals surface area contributed by atoms with Crippen LogP contribution in [0.2, 0.25) is 0 Å². The van der Waals surface area contributed by atoms with Crippen molar-refractivity contribution in [1.82, 2.24) is 0 Å². The monoisotopic (exact) mass is 176 g/mol. The largest absolute Gasteiger partial charge is 0.390 e. The number of hydrogen-bond acceptors (Lipinski definition) is 2. The first-order valence-electron chi connectivity index (χ1n) is 2.86. The molecule has 0 aliphatic heterocycles. The van der Waals surface area contributed by atoms with Crippen molar-refractivity contribution in [2.75, 3.05) is 6.67 Å². The summed E-state index contributed by atoms with van der Waals surface area (Å²) < 4.78 is 46.5. The molecule has 0 aromatic heterocycles. The van der Waals surface area contributed by atoms with E-state index in [9.17, 15) is 17.6 Å². The molecule has 2 N–H and O–H groups in total. The Labute approximate surface area is 60.4 Å². The van der Waals surface area contributed by atoms with Gasteiger partial charge in [0.25, 0.3) is 0 Å². The van der Waals surface area contributed by atoms with Gasteiger partial charge in [0.05, 0.1) is 6.10 Å². The summed E-state index contributed by atoms with van der Waals surface area (Å²) >= 11 is 0. The Morgan fingerprint density at radius 3 is 2.09 bits per heavy atom. The molecule has 0 fully saturated rings. The first-order valence-corrected chi connectivity index (χ1v) is 2.86. The van der Waals surface area contributed by atoms with Gasteiger partial charge in [0.2, 0.25) is 0 Å². The van der Waals surface area contributed by atoms with Crippen molar-refractivity contribution in [1.29, 1.82) is 0 Å². The zero-order valence-corrected chi connectivity index (χ0v) is 5.48. The molecule has 6 heteroatoms. The second kappa shape index (κ2) is 3.87. The minimum atomic E-state index is -4.50. The third kappa shape index (κ3) is 4.15. The van der Waals surface area contributed by atoms with Crippen LogP contribution < -0.4 is 0 Å². The zero-order valence-electron chi connectivity index (χ0n) is 5.48. The van der Waals surface area contributed by atoms with E-state index in [1.807, 2.05) is 0 Å². The molecule has 0 bridgehead atoms. The van der Waals surface area contributed by atoms with E-state index in [4.69, 9.17) is 10.2 Å². The van der Waals surface area contributed by atoms with Gasteiger partial charge in [-0.05, 0) is 0 Å². The summed E-state index contributed by atoms with van der Waals surface area (Å²) in [7, 11) is 0. The Hall–Kier alpha value is -0.360. The van der Waals surface area contributed by atoms with Gasteiger partial charge in [0.1, 0.15) is 6.67 Å². The van der Waals surface area contributed by atoms with Crippen molar-refractivity contribution in [3.63, 3.8) is 0 Å². The summed E-state index contributed by atoms with van der Waals surface area (Å²) in [5.41, 5.74) is 0. The molecular weight excluding hydrogens is 168 g/mol. The molecule has 0 aromatic carbocycles. The van der Waals surface area contributed by atoms with Crippen LogP contribution in [0.1, 0.15) is 6.42 Å². The maximum absolute atomic E-state index is 12.0. The van der Waals surface area contributed by atoms with Crippen LogP contribution in [0, 0.1) is 0 Å². The van der Waals surface area contributed by atoms with Gasteiger partial charge < -0.3 is 10.2 Å². The zero-order chi connectivity index (χ0) is 9.07. The van der Waals surface area contributed by atoms with Crippen LogP contribution in [0.25, 0.3) is 0 Å². The molecule has 0 aromatic rings. The number of rotatable bonds is 4. The summed E-state index contributed by atoms with van der Waals surface area (Å²) in [6.45, 7) is -1.31. The minimum absolute atomic E-state index is 1.11. The van der Waals surface area contributed by atoms with Gasteiger partial charge in [-0.25, -0.2) is 8.78 Å². The minimum Gasteiger partial charge on any atom is -0.390 e. The quantitative estimate of drug-likeness (QED) is 0.617. The second-order valence-electron chi connectivity index (χ2n) is 2.10. The van der Waals surface area contributed by atoms with Gasteiger partial charge >= 0.3 is 6.11 Å². The van der Waals surface area contributed by atoms with Crippen molar-refractivity contribution in [2.45, 2.75) is 24.8 Å². The molecule has 0 rings (SSSR count). The van der Waals surface area contributed by atoms with E-state index in [1.165, 1.54) is 0 Å². The fraction of sp³-hybridized carbons (Fsp3) is 1.00. The molecule has 0 aliphatic carbocycles. The molecule has 2 atom stereocenters. The van der Waals surface area contributed by atoms with Crippen LogP contribution >= 0.6 is 0 Å². The molecule has 0 amide bonds. The van der Waals surface area contributed by atoms with Crippen molar-refractivity contribution in [3.05, 3.63) is 0 Å². The molecule has 11 heavy (non-hydrogen) atoms. The summed E-state index contributed by atoms with van der Waals surface area (Å²) in [6, 6.07) is 0. The Kier molecular flexibility index (Phi) is 3.74. The second-order valence-corrected chi connectivity index (χ2v) is 2.10. The Morgan fingerprint density at radius 2 is 1.82 bits per heavy atom. The fourth-order valence-electron chi connectivity index (χ4n) is 0.444. The molecule has 2 unspecified atom stereocenters. The highest BCUT2D eigenvalue weighted by molar-refractivity contribution is 4.69. The van der Waals surface area contributed by atoms with Gasteiger partial charge in [0, 0.05) is 6.42 Å². The van der Waals surface area contributed by atoms with Crippen LogP contribution in [0.4, 0.5) is 17.6 Å². The Bertz CT molecular complexity index is 114. The fourth-order valence-corrected chi connectivity index (χ4v) is 0.444. The van der Waals surface area contributed by atoms with E-state index in [0.29, 0.717) is 0 Å². The number of aliphatic hydroxyl groups is 2. The lowest BCUT2D eigenvalue weighted by molar-refractivity contribution is -0.245. The molecule has 0 heterocycles. The lowest BCUT2D eigenvalue weighted by Crippen LogP contribution is -2.33. The molecule has 0 saturated heterocycles. The average Bonchev–Trinajstić information content (AvgIpc) is 1.85. The molecule has 0 radical (unpaired) electrons. The third-order valence-corrected chi connectivity index (χ3v) is 1.03. The molecular formula is C5H8F4O2. The smallest absolute Gasteiger partial charge is 0.384 e. The highest BCUT2D eigenvalue weighted by atomic mass is 19.3. The maximum Gasteiger partial charge on any atom is 0.384 e. The standard InChI is InChI=1S/C5H8F4O2/c6-2-3(10)1-4(7)5(8,9)11/h3-4,10-11H,1-2H2. The van der Waals surface area contributed by atoms with Gasteiger partial charge in [-0.3, -0.25) is 0 Å². The third-order valence-electron chi connectivity index (χ3n) is 1.03. The molecule has 0 saturated carbocycles. The lowest BCUT2D eigenvalue weighted by Gasteiger charge is -2.15. The van der Waals surface area contributed by atoms with Gasteiger partial charge in [0.15, 0.2) is 6.17 Å². The van der Waals surface area contributed by atoms with Crippen LogP contribution in [0.15, 0.2) is 0 Å². The highest BCUT2D eigenvalue weighted by Crippen LogP contribution is 2.21. The van der Waals surface area contributed by atoms with Crippen molar-refractivity contribution < 1.29 is 27.8 Å². The topological polar surface area (TPSA) is 40.5 Å². The van der Waals surface area contributed by atoms with Gasteiger partial charge in [-0.1, -0.05) is 0 Å². The van der Waals surface area contributed by atoms with E-state index in [2.05, 4.69) is 0 Å². The number of halogens is 4. The highest BCUT2D eigenvalue weighted by Gasteiger charge is 2.38. The molecule has 0 aliphatic rings. The Morgan fingerprint density at radius 1 is 1.36 bits per heavy atom. The predicted molar refractivity (Wildman–Crippen MR) is 28.7 cm³/mol.